The third kappa shape index (κ3) is 4.34. The SMILES string of the molecule is COC(=O)c1cccc(CSc2ncc(CO)n2CCC#N)c1. The van der Waals surface area contributed by atoms with E-state index in [2.05, 4.69) is 11.1 Å². The molecule has 1 aromatic carbocycles. The second-order valence-electron chi connectivity index (χ2n) is 4.73. The fraction of sp³-hybridized carbons (Fsp3) is 0.312. The van der Waals surface area contributed by atoms with E-state index in [4.69, 9.17) is 10.00 Å². The van der Waals surface area contributed by atoms with Crippen molar-refractivity contribution in [3.8, 4) is 6.07 Å². The van der Waals surface area contributed by atoms with Crippen LogP contribution < -0.4 is 0 Å². The molecule has 0 aliphatic carbocycles. The molecule has 0 saturated carbocycles. The van der Waals surface area contributed by atoms with E-state index in [0.29, 0.717) is 30.0 Å². The lowest BCUT2D eigenvalue weighted by atomic mass is 10.1. The number of nitrogens with zero attached hydrogens (tertiary/aromatic N) is 3. The van der Waals surface area contributed by atoms with E-state index in [1.807, 2.05) is 16.7 Å². The Morgan fingerprint density at radius 2 is 2.35 bits per heavy atom. The molecule has 0 unspecified atom stereocenters. The van der Waals surface area contributed by atoms with Crippen LogP contribution in [0.5, 0.6) is 0 Å². The van der Waals surface area contributed by atoms with Gasteiger partial charge in [0.1, 0.15) is 0 Å². The standard InChI is InChI=1S/C16H17N3O3S/c1-22-15(21)13-5-2-4-12(8-13)11-23-16-18-9-14(10-20)19(16)7-3-6-17/h2,4-5,8-9,20H,3,7,10-11H2,1H3. The molecule has 0 amide bonds. The number of methoxy groups -OCH3 is 1. The van der Waals surface area contributed by atoms with Crippen molar-refractivity contribution in [1.29, 1.82) is 5.26 Å². The van der Waals surface area contributed by atoms with Gasteiger partial charge >= 0.3 is 5.97 Å². The van der Waals surface area contributed by atoms with Gasteiger partial charge in [0.05, 0.1) is 43.7 Å². The van der Waals surface area contributed by atoms with Gasteiger partial charge in [-0.25, -0.2) is 9.78 Å². The van der Waals surface area contributed by atoms with Gasteiger partial charge in [-0.15, -0.1) is 0 Å². The third-order valence-electron chi connectivity index (χ3n) is 3.23. The maximum atomic E-state index is 11.6. The van der Waals surface area contributed by atoms with Crippen molar-refractivity contribution >= 4 is 17.7 Å². The smallest absolute Gasteiger partial charge is 0.337 e. The number of ether oxygens (including phenoxy) is 1. The summed E-state index contributed by atoms with van der Waals surface area (Å²) in [5.41, 5.74) is 2.17. The van der Waals surface area contributed by atoms with E-state index in [1.165, 1.54) is 18.9 Å². The summed E-state index contributed by atoms with van der Waals surface area (Å²) in [7, 11) is 1.35. The zero-order valence-electron chi connectivity index (χ0n) is 12.7. The predicted molar refractivity (Wildman–Crippen MR) is 85.7 cm³/mol. The highest BCUT2D eigenvalue weighted by Gasteiger charge is 2.11. The highest BCUT2D eigenvalue weighted by atomic mass is 32.2. The van der Waals surface area contributed by atoms with Crippen molar-refractivity contribution in [3.63, 3.8) is 0 Å². The topological polar surface area (TPSA) is 88.1 Å². The van der Waals surface area contributed by atoms with E-state index in [9.17, 15) is 9.90 Å². The van der Waals surface area contributed by atoms with Gasteiger partial charge < -0.3 is 14.4 Å². The summed E-state index contributed by atoms with van der Waals surface area (Å²) in [4.78, 5) is 15.8. The van der Waals surface area contributed by atoms with Gasteiger partial charge in [-0.3, -0.25) is 0 Å². The summed E-state index contributed by atoms with van der Waals surface area (Å²) < 4.78 is 6.56. The molecule has 6 nitrogen and oxygen atoms in total. The number of aliphatic hydroxyl groups is 1. The molecule has 0 bridgehead atoms. The normalized spacial score (nSPS) is 10.3. The van der Waals surface area contributed by atoms with Crippen LogP contribution in [0.15, 0.2) is 35.6 Å². The Labute approximate surface area is 138 Å². The van der Waals surface area contributed by atoms with Gasteiger partial charge in [0.15, 0.2) is 5.16 Å². The Bertz CT molecular complexity index is 722. The van der Waals surface area contributed by atoms with Crippen molar-refractivity contribution in [3.05, 3.63) is 47.3 Å². The first-order valence-corrected chi connectivity index (χ1v) is 8.00. The minimum atomic E-state index is -0.366. The quantitative estimate of drug-likeness (QED) is 0.619. The predicted octanol–water partition coefficient (Wildman–Crippen LogP) is 2.37. The molecule has 120 valence electrons. The number of nitriles is 1. The Balaban J connectivity index is 2.10. The number of esters is 1. The van der Waals surface area contributed by atoms with Crippen molar-refractivity contribution in [1.82, 2.24) is 9.55 Å². The monoisotopic (exact) mass is 331 g/mol. The van der Waals surface area contributed by atoms with Crippen LogP contribution in [0.3, 0.4) is 0 Å². The van der Waals surface area contributed by atoms with Gasteiger partial charge in [-0.1, -0.05) is 23.9 Å². The number of thioether (sulfide) groups is 1. The molecule has 2 rings (SSSR count). The number of imidazole rings is 1. The minimum absolute atomic E-state index is 0.114. The lowest BCUT2D eigenvalue weighted by Gasteiger charge is -2.09. The number of rotatable bonds is 7. The highest BCUT2D eigenvalue weighted by molar-refractivity contribution is 7.98. The van der Waals surface area contributed by atoms with Gasteiger partial charge in [0.25, 0.3) is 0 Å². The minimum Gasteiger partial charge on any atom is -0.465 e. The molecule has 23 heavy (non-hydrogen) atoms. The van der Waals surface area contributed by atoms with E-state index in [0.717, 1.165) is 10.7 Å². The average Bonchev–Trinajstić information content (AvgIpc) is 2.99. The number of carbonyl (C=O) groups excluding carboxylic acids is 1. The number of hydrogen-bond donors (Lipinski definition) is 1. The van der Waals surface area contributed by atoms with Gasteiger partial charge in [-0.05, 0) is 17.7 Å². The van der Waals surface area contributed by atoms with Crippen LogP contribution in [0.25, 0.3) is 0 Å². The maximum absolute atomic E-state index is 11.6. The summed E-state index contributed by atoms with van der Waals surface area (Å²) in [5.74, 6) is 0.258. The second kappa shape index (κ2) is 8.36. The third-order valence-corrected chi connectivity index (χ3v) is 4.29. The number of aromatic nitrogens is 2. The zero-order chi connectivity index (χ0) is 16.7. The molecule has 0 aliphatic rings. The largest absolute Gasteiger partial charge is 0.465 e. The van der Waals surface area contributed by atoms with Crippen molar-refractivity contribution in [2.45, 2.75) is 30.5 Å². The van der Waals surface area contributed by atoms with Crippen LogP contribution in [0.4, 0.5) is 0 Å². The Hall–Kier alpha value is -2.30. The van der Waals surface area contributed by atoms with Crippen LogP contribution >= 0.6 is 11.8 Å². The molecule has 2 aromatic rings. The first kappa shape index (κ1) is 17.1. The summed E-state index contributed by atoms with van der Waals surface area (Å²) in [6.45, 7) is 0.383. The van der Waals surface area contributed by atoms with Crippen molar-refractivity contribution < 1.29 is 14.6 Å². The van der Waals surface area contributed by atoms with Crippen molar-refractivity contribution in [2.75, 3.05) is 7.11 Å². The Morgan fingerprint density at radius 1 is 1.52 bits per heavy atom. The maximum Gasteiger partial charge on any atom is 0.337 e. The lowest BCUT2D eigenvalue weighted by Crippen LogP contribution is -2.04. The van der Waals surface area contributed by atoms with Gasteiger partial charge in [-0.2, -0.15) is 5.26 Å². The number of benzene rings is 1. The summed E-state index contributed by atoms with van der Waals surface area (Å²) in [6.07, 6.45) is 1.97. The molecule has 0 aliphatic heterocycles. The number of aliphatic hydroxyl groups excluding tert-OH is 1. The lowest BCUT2D eigenvalue weighted by molar-refractivity contribution is 0.0600. The molecule has 0 saturated heterocycles. The van der Waals surface area contributed by atoms with Crippen LogP contribution in [-0.2, 0) is 23.6 Å². The molecule has 1 heterocycles. The fourth-order valence-electron chi connectivity index (χ4n) is 2.09. The molecule has 1 aromatic heterocycles. The van der Waals surface area contributed by atoms with E-state index < -0.39 is 0 Å². The van der Waals surface area contributed by atoms with Crippen LogP contribution in [0.2, 0.25) is 0 Å². The number of carbonyl (C=O) groups is 1. The fourth-order valence-corrected chi connectivity index (χ4v) is 3.06. The van der Waals surface area contributed by atoms with E-state index >= 15 is 0 Å². The summed E-state index contributed by atoms with van der Waals surface area (Å²) >= 11 is 1.49. The van der Waals surface area contributed by atoms with Crippen LogP contribution in [-0.4, -0.2) is 27.7 Å². The van der Waals surface area contributed by atoms with E-state index in [-0.39, 0.29) is 12.6 Å². The Morgan fingerprint density at radius 3 is 3.04 bits per heavy atom. The van der Waals surface area contributed by atoms with Gasteiger partial charge in [0, 0.05) is 12.3 Å². The molecule has 7 heteroatoms. The molecule has 1 N–H and O–H groups in total. The summed E-state index contributed by atoms with van der Waals surface area (Å²) in [6, 6.07) is 9.32. The van der Waals surface area contributed by atoms with Gasteiger partial charge in [0.2, 0.25) is 0 Å². The zero-order valence-corrected chi connectivity index (χ0v) is 13.5. The Kier molecular flexibility index (Phi) is 6.20. The van der Waals surface area contributed by atoms with Crippen LogP contribution in [0, 0.1) is 11.3 Å². The average molecular weight is 331 g/mol. The van der Waals surface area contributed by atoms with Crippen molar-refractivity contribution in [2.24, 2.45) is 0 Å². The molecular formula is C16H17N3O3S. The first-order valence-electron chi connectivity index (χ1n) is 7.02. The number of hydrogen-bond acceptors (Lipinski definition) is 6. The highest BCUT2D eigenvalue weighted by Crippen LogP contribution is 2.24. The van der Waals surface area contributed by atoms with E-state index in [1.54, 1.807) is 18.3 Å². The first-order chi connectivity index (χ1) is 11.2. The van der Waals surface area contributed by atoms with Crippen LogP contribution in [0.1, 0.15) is 28.0 Å². The molecule has 0 atom stereocenters. The molecular weight excluding hydrogens is 314 g/mol. The molecule has 0 spiro atoms. The summed E-state index contributed by atoms with van der Waals surface area (Å²) in [5, 5.41) is 18.8. The molecule has 0 fully saturated rings. The molecule has 0 radical (unpaired) electrons. The second-order valence-corrected chi connectivity index (χ2v) is 5.67.